The van der Waals surface area contributed by atoms with E-state index in [2.05, 4.69) is 75.0 Å². The van der Waals surface area contributed by atoms with Crippen LogP contribution in [0.25, 0.3) is 0 Å². The molecule has 0 radical (unpaired) electrons. The van der Waals surface area contributed by atoms with Crippen molar-refractivity contribution >= 4 is 43.2 Å². The van der Waals surface area contributed by atoms with Gasteiger partial charge < -0.3 is 0 Å². The molecule has 1 nitrogen and oxygen atoms in total. The second-order valence-electron chi connectivity index (χ2n) is 4.88. The Hall–Kier alpha value is -0.190. The molecule has 0 aliphatic heterocycles. The SMILES string of the molecule is Cc1ncc(CC(CBr)(CBr)c2ccccc2C)s1. The Labute approximate surface area is 135 Å². The molecule has 102 valence electrons. The summed E-state index contributed by atoms with van der Waals surface area (Å²) in [6.07, 6.45) is 3.03. The average molecular weight is 403 g/mol. The van der Waals surface area contributed by atoms with Crippen molar-refractivity contribution < 1.29 is 0 Å². The lowest BCUT2D eigenvalue weighted by molar-refractivity contribution is 0.552. The van der Waals surface area contributed by atoms with Gasteiger partial charge >= 0.3 is 0 Å². The van der Waals surface area contributed by atoms with Crippen LogP contribution < -0.4 is 0 Å². The number of benzene rings is 1. The van der Waals surface area contributed by atoms with E-state index in [4.69, 9.17) is 0 Å². The minimum atomic E-state index is 0.0876. The third-order valence-corrected chi connectivity index (χ3v) is 6.47. The summed E-state index contributed by atoms with van der Waals surface area (Å²) in [4.78, 5) is 5.72. The van der Waals surface area contributed by atoms with Crippen molar-refractivity contribution in [1.82, 2.24) is 4.98 Å². The van der Waals surface area contributed by atoms with Crippen LogP contribution in [0.2, 0.25) is 0 Å². The van der Waals surface area contributed by atoms with Gasteiger partial charge in [-0.3, -0.25) is 0 Å². The van der Waals surface area contributed by atoms with E-state index >= 15 is 0 Å². The lowest BCUT2D eigenvalue weighted by Crippen LogP contribution is -2.33. The van der Waals surface area contributed by atoms with Gasteiger partial charge in [-0.2, -0.15) is 0 Å². The summed E-state index contributed by atoms with van der Waals surface area (Å²) in [7, 11) is 0. The first-order valence-corrected chi connectivity index (χ1v) is 9.26. The molecule has 0 aliphatic carbocycles. The van der Waals surface area contributed by atoms with Crippen LogP contribution in [0.15, 0.2) is 30.5 Å². The minimum Gasteiger partial charge on any atom is -0.250 e. The topological polar surface area (TPSA) is 12.9 Å². The van der Waals surface area contributed by atoms with E-state index < -0.39 is 0 Å². The first kappa shape index (κ1) is 15.2. The number of hydrogen-bond acceptors (Lipinski definition) is 2. The molecule has 0 saturated carbocycles. The van der Waals surface area contributed by atoms with Crippen LogP contribution in [0, 0.1) is 13.8 Å². The molecule has 0 N–H and O–H groups in total. The van der Waals surface area contributed by atoms with Crippen molar-refractivity contribution in [3.8, 4) is 0 Å². The summed E-state index contributed by atoms with van der Waals surface area (Å²) in [5, 5.41) is 3.01. The van der Waals surface area contributed by atoms with E-state index in [9.17, 15) is 0 Å². The summed E-state index contributed by atoms with van der Waals surface area (Å²) in [6.45, 7) is 4.25. The number of rotatable bonds is 5. The fourth-order valence-electron chi connectivity index (χ4n) is 2.36. The van der Waals surface area contributed by atoms with E-state index in [1.54, 1.807) is 11.3 Å². The van der Waals surface area contributed by atoms with Crippen LogP contribution in [-0.4, -0.2) is 15.6 Å². The fraction of sp³-hybridized carbons (Fsp3) is 0.400. The lowest BCUT2D eigenvalue weighted by atomic mass is 9.79. The van der Waals surface area contributed by atoms with E-state index in [-0.39, 0.29) is 5.41 Å². The number of thiazole rings is 1. The number of nitrogens with zero attached hydrogens (tertiary/aromatic N) is 1. The van der Waals surface area contributed by atoms with Gasteiger partial charge in [0.25, 0.3) is 0 Å². The predicted molar refractivity (Wildman–Crippen MR) is 91.0 cm³/mol. The molecule has 0 unspecified atom stereocenters. The zero-order valence-electron chi connectivity index (χ0n) is 11.1. The van der Waals surface area contributed by atoms with Crippen LogP contribution in [0.1, 0.15) is 21.0 Å². The number of alkyl halides is 2. The molecule has 0 bridgehead atoms. The van der Waals surface area contributed by atoms with Gasteiger partial charge in [-0.1, -0.05) is 56.1 Å². The molecule has 0 amide bonds. The summed E-state index contributed by atoms with van der Waals surface area (Å²) < 4.78 is 0. The van der Waals surface area contributed by atoms with Gasteiger partial charge in [0.2, 0.25) is 0 Å². The maximum atomic E-state index is 4.37. The Kier molecular flexibility index (Phi) is 5.21. The summed E-state index contributed by atoms with van der Waals surface area (Å²) >= 11 is 9.24. The van der Waals surface area contributed by atoms with Crippen LogP contribution in [-0.2, 0) is 11.8 Å². The van der Waals surface area contributed by atoms with Gasteiger partial charge in [0.15, 0.2) is 0 Å². The molecule has 19 heavy (non-hydrogen) atoms. The molecule has 0 aliphatic rings. The predicted octanol–water partition coefficient (Wildman–Crippen LogP) is 5.03. The van der Waals surface area contributed by atoms with E-state index in [0.29, 0.717) is 0 Å². The standard InChI is InChI=1S/C15H17Br2NS/c1-11-5-3-4-6-14(11)15(9-16,10-17)7-13-8-18-12(2)19-13/h3-6,8H,7,9-10H2,1-2H3. The molecule has 2 aromatic rings. The number of halogens is 2. The van der Waals surface area contributed by atoms with E-state index in [1.165, 1.54) is 16.0 Å². The maximum absolute atomic E-state index is 4.37. The fourth-order valence-corrected chi connectivity index (χ4v) is 5.23. The second kappa shape index (κ2) is 6.51. The first-order valence-electron chi connectivity index (χ1n) is 6.20. The van der Waals surface area contributed by atoms with Gasteiger partial charge in [-0.15, -0.1) is 11.3 Å². The van der Waals surface area contributed by atoms with Crippen molar-refractivity contribution in [3.05, 3.63) is 51.5 Å². The molecule has 1 aromatic heterocycles. The molecule has 1 heterocycles. The molecule has 4 heteroatoms. The number of aryl methyl sites for hydroxylation is 2. The van der Waals surface area contributed by atoms with Crippen LogP contribution >= 0.6 is 43.2 Å². The normalized spacial score (nSPS) is 11.8. The van der Waals surface area contributed by atoms with Crippen molar-refractivity contribution in [2.75, 3.05) is 10.7 Å². The Morgan fingerprint density at radius 1 is 1.16 bits per heavy atom. The zero-order valence-corrected chi connectivity index (χ0v) is 15.1. The molecule has 0 saturated heterocycles. The molecule has 0 atom stereocenters. The number of aromatic nitrogens is 1. The smallest absolute Gasteiger partial charge is 0.0896 e. The van der Waals surface area contributed by atoms with Gasteiger partial charge in [-0.25, -0.2) is 4.98 Å². The van der Waals surface area contributed by atoms with Crippen molar-refractivity contribution in [2.45, 2.75) is 25.7 Å². The molecule has 0 fully saturated rings. The largest absolute Gasteiger partial charge is 0.250 e. The van der Waals surface area contributed by atoms with Crippen LogP contribution in [0.5, 0.6) is 0 Å². The van der Waals surface area contributed by atoms with Crippen LogP contribution in [0.4, 0.5) is 0 Å². The van der Waals surface area contributed by atoms with Gasteiger partial charge in [0, 0.05) is 27.1 Å². The molecule has 0 spiro atoms. The quantitative estimate of drug-likeness (QED) is 0.639. The first-order chi connectivity index (χ1) is 9.11. The lowest BCUT2D eigenvalue weighted by Gasteiger charge is -2.31. The Morgan fingerprint density at radius 3 is 2.37 bits per heavy atom. The molecule has 1 aromatic carbocycles. The third kappa shape index (κ3) is 3.29. The third-order valence-electron chi connectivity index (χ3n) is 3.41. The highest BCUT2D eigenvalue weighted by Crippen LogP contribution is 2.35. The highest BCUT2D eigenvalue weighted by Gasteiger charge is 2.32. The average Bonchev–Trinajstić information content (AvgIpc) is 2.82. The Morgan fingerprint density at radius 2 is 1.84 bits per heavy atom. The summed E-state index contributed by atoms with van der Waals surface area (Å²) in [6, 6.07) is 8.66. The Balaban J connectivity index is 2.40. The van der Waals surface area contributed by atoms with Gasteiger partial charge in [0.05, 0.1) is 5.01 Å². The molecular weight excluding hydrogens is 386 g/mol. The number of hydrogen-bond donors (Lipinski definition) is 0. The summed E-state index contributed by atoms with van der Waals surface area (Å²) in [5.41, 5.74) is 2.85. The van der Waals surface area contributed by atoms with Crippen molar-refractivity contribution in [1.29, 1.82) is 0 Å². The van der Waals surface area contributed by atoms with Crippen LogP contribution in [0.3, 0.4) is 0 Å². The molecular formula is C15H17Br2NS. The molecule has 2 rings (SSSR count). The van der Waals surface area contributed by atoms with Gasteiger partial charge in [0.1, 0.15) is 0 Å². The zero-order chi connectivity index (χ0) is 13.9. The van der Waals surface area contributed by atoms with Gasteiger partial charge in [-0.05, 0) is 31.4 Å². The maximum Gasteiger partial charge on any atom is 0.0896 e. The van der Waals surface area contributed by atoms with E-state index in [0.717, 1.165) is 22.1 Å². The Bertz CT molecular complexity index is 547. The monoisotopic (exact) mass is 401 g/mol. The summed E-state index contributed by atoms with van der Waals surface area (Å²) in [5.74, 6) is 0. The highest BCUT2D eigenvalue weighted by molar-refractivity contribution is 9.09. The minimum absolute atomic E-state index is 0.0876. The second-order valence-corrected chi connectivity index (χ2v) is 7.33. The van der Waals surface area contributed by atoms with Crippen molar-refractivity contribution in [3.63, 3.8) is 0 Å². The highest BCUT2D eigenvalue weighted by atomic mass is 79.9. The van der Waals surface area contributed by atoms with Crippen molar-refractivity contribution in [2.24, 2.45) is 0 Å². The van der Waals surface area contributed by atoms with E-state index in [1.807, 2.05) is 6.20 Å².